The van der Waals surface area contributed by atoms with Crippen molar-refractivity contribution in [1.82, 2.24) is 10.0 Å². The number of nitrogens with one attached hydrogen (secondary N) is 2. The van der Waals surface area contributed by atoms with Crippen molar-refractivity contribution in [3.8, 4) is 0 Å². The van der Waals surface area contributed by atoms with Gasteiger partial charge in [0.15, 0.2) is 0 Å². The standard InChI is InChI=1S/C10H22N2O2S/c1-3-7-11-8-4-9-15(13,14)12-10(2)5-6-10/h11-12H,3-9H2,1-2H3. The van der Waals surface area contributed by atoms with Gasteiger partial charge in [-0.1, -0.05) is 6.92 Å². The van der Waals surface area contributed by atoms with E-state index in [1.54, 1.807) is 0 Å². The molecule has 0 aromatic heterocycles. The zero-order chi connectivity index (χ0) is 11.4. The van der Waals surface area contributed by atoms with E-state index in [9.17, 15) is 8.42 Å². The lowest BCUT2D eigenvalue weighted by Gasteiger charge is -2.11. The molecule has 0 aromatic rings. The molecule has 0 aromatic carbocycles. The van der Waals surface area contributed by atoms with Crippen molar-refractivity contribution in [3.05, 3.63) is 0 Å². The first-order valence-electron chi connectivity index (χ1n) is 5.70. The summed E-state index contributed by atoms with van der Waals surface area (Å²) in [4.78, 5) is 0. The van der Waals surface area contributed by atoms with Crippen LogP contribution in [-0.4, -0.2) is 32.8 Å². The monoisotopic (exact) mass is 234 g/mol. The van der Waals surface area contributed by atoms with E-state index in [1.165, 1.54) is 0 Å². The van der Waals surface area contributed by atoms with Crippen LogP contribution in [0.25, 0.3) is 0 Å². The molecule has 0 atom stereocenters. The van der Waals surface area contributed by atoms with E-state index >= 15 is 0 Å². The van der Waals surface area contributed by atoms with Crippen LogP contribution in [0.2, 0.25) is 0 Å². The van der Waals surface area contributed by atoms with Gasteiger partial charge in [0.25, 0.3) is 0 Å². The van der Waals surface area contributed by atoms with E-state index in [4.69, 9.17) is 0 Å². The van der Waals surface area contributed by atoms with E-state index in [1.807, 2.05) is 6.92 Å². The highest BCUT2D eigenvalue weighted by Crippen LogP contribution is 2.34. The van der Waals surface area contributed by atoms with E-state index in [0.717, 1.165) is 32.4 Å². The smallest absolute Gasteiger partial charge is 0.212 e. The van der Waals surface area contributed by atoms with Gasteiger partial charge in [0, 0.05) is 5.54 Å². The Kier molecular flexibility index (Phi) is 4.55. The summed E-state index contributed by atoms with van der Waals surface area (Å²) in [6, 6.07) is 0. The predicted molar refractivity (Wildman–Crippen MR) is 62.3 cm³/mol. The maximum absolute atomic E-state index is 11.6. The van der Waals surface area contributed by atoms with Gasteiger partial charge in [-0.25, -0.2) is 13.1 Å². The van der Waals surface area contributed by atoms with Gasteiger partial charge in [-0.3, -0.25) is 0 Å². The SMILES string of the molecule is CCCNCCCS(=O)(=O)NC1(C)CC1. The number of sulfonamides is 1. The summed E-state index contributed by atoms with van der Waals surface area (Å²) in [6.45, 7) is 5.80. The van der Waals surface area contributed by atoms with Crippen LogP contribution in [0.1, 0.15) is 39.5 Å². The first-order chi connectivity index (χ1) is 6.97. The van der Waals surface area contributed by atoms with Crippen LogP contribution in [0.3, 0.4) is 0 Å². The lowest BCUT2D eigenvalue weighted by molar-refractivity contribution is 0.552. The van der Waals surface area contributed by atoms with Crippen molar-refractivity contribution in [2.75, 3.05) is 18.8 Å². The lowest BCUT2D eigenvalue weighted by Crippen LogP contribution is -2.36. The van der Waals surface area contributed by atoms with E-state index in [0.29, 0.717) is 6.42 Å². The van der Waals surface area contributed by atoms with Crippen molar-refractivity contribution in [2.45, 2.75) is 45.1 Å². The molecule has 2 N–H and O–H groups in total. The summed E-state index contributed by atoms with van der Waals surface area (Å²) in [5.41, 5.74) is -0.129. The quantitative estimate of drug-likeness (QED) is 0.612. The Morgan fingerprint density at radius 1 is 1.27 bits per heavy atom. The Balaban J connectivity index is 2.13. The van der Waals surface area contributed by atoms with Gasteiger partial charge in [0.05, 0.1) is 5.75 Å². The van der Waals surface area contributed by atoms with E-state index in [2.05, 4.69) is 17.0 Å². The highest BCUT2D eigenvalue weighted by atomic mass is 32.2. The molecule has 15 heavy (non-hydrogen) atoms. The Morgan fingerprint density at radius 3 is 2.47 bits per heavy atom. The molecule has 90 valence electrons. The van der Waals surface area contributed by atoms with Gasteiger partial charge in [0.1, 0.15) is 0 Å². The van der Waals surface area contributed by atoms with Gasteiger partial charge < -0.3 is 5.32 Å². The second-order valence-electron chi connectivity index (χ2n) is 4.59. The first kappa shape index (κ1) is 12.9. The van der Waals surface area contributed by atoms with Crippen molar-refractivity contribution in [3.63, 3.8) is 0 Å². The molecule has 0 unspecified atom stereocenters. The third-order valence-corrected chi connectivity index (χ3v) is 4.23. The minimum atomic E-state index is -3.05. The Labute approximate surface area is 92.9 Å². The number of hydrogen-bond acceptors (Lipinski definition) is 3. The predicted octanol–water partition coefficient (Wildman–Crippen LogP) is 0.848. The molecule has 1 aliphatic rings. The summed E-state index contributed by atoms with van der Waals surface area (Å²) < 4.78 is 25.9. The fourth-order valence-electron chi connectivity index (χ4n) is 1.40. The lowest BCUT2D eigenvalue weighted by atomic mass is 10.4. The van der Waals surface area contributed by atoms with Gasteiger partial charge >= 0.3 is 0 Å². The van der Waals surface area contributed by atoms with Gasteiger partial charge in [-0.15, -0.1) is 0 Å². The van der Waals surface area contributed by atoms with Crippen molar-refractivity contribution in [1.29, 1.82) is 0 Å². The van der Waals surface area contributed by atoms with Gasteiger partial charge in [0.2, 0.25) is 10.0 Å². The highest BCUT2D eigenvalue weighted by molar-refractivity contribution is 7.89. The largest absolute Gasteiger partial charge is 0.317 e. The fraction of sp³-hybridized carbons (Fsp3) is 1.00. The van der Waals surface area contributed by atoms with E-state index < -0.39 is 10.0 Å². The summed E-state index contributed by atoms with van der Waals surface area (Å²) in [6.07, 6.45) is 3.72. The first-order valence-corrected chi connectivity index (χ1v) is 7.35. The molecule has 5 heteroatoms. The van der Waals surface area contributed by atoms with Crippen LogP contribution in [0.15, 0.2) is 0 Å². The third kappa shape index (κ3) is 5.49. The van der Waals surface area contributed by atoms with Crippen molar-refractivity contribution < 1.29 is 8.42 Å². The van der Waals surface area contributed by atoms with Crippen molar-refractivity contribution in [2.24, 2.45) is 0 Å². The molecule has 1 fully saturated rings. The molecule has 1 saturated carbocycles. The average Bonchev–Trinajstić information content (AvgIpc) is 2.81. The molecule has 0 saturated heterocycles. The summed E-state index contributed by atoms with van der Waals surface area (Å²) in [5.74, 6) is 0.235. The van der Waals surface area contributed by atoms with E-state index in [-0.39, 0.29) is 11.3 Å². The van der Waals surface area contributed by atoms with Crippen LogP contribution in [0.5, 0.6) is 0 Å². The summed E-state index contributed by atoms with van der Waals surface area (Å²) >= 11 is 0. The third-order valence-electron chi connectivity index (χ3n) is 2.60. The van der Waals surface area contributed by atoms with Crippen LogP contribution in [0.4, 0.5) is 0 Å². The minimum Gasteiger partial charge on any atom is -0.317 e. The van der Waals surface area contributed by atoms with Crippen LogP contribution >= 0.6 is 0 Å². The van der Waals surface area contributed by atoms with Crippen LogP contribution in [-0.2, 0) is 10.0 Å². The molecule has 0 spiro atoms. The Bertz CT molecular complexity index is 284. The highest BCUT2D eigenvalue weighted by Gasteiger charge is 2.40. The van der Waals surface area contributed by atoms with Gasteiger partial charge in [-0.05, 0) is 45.7 Å². The molecule has 0 heterocycles. The molecule has 1 aliphatic carbocycles. The topological polar surface area (TPSA) is 58.2 Å². The molecule has 0 amide bonds. The molecule has 1 rings (SSSR count). The Morgan fingerprint density at radius 2 is 1.93 bits per heavy atom. The zero-order valence-electron chi connectivity index (χ0n) is 9.67. The molecular weight excluding hydrogens is 212 g/mol. The molecular formula is C10H22N2O2S. The zero-order valence-corrected chi connectivity index (χ0v) is 10.5. The van der Waals surface area contributed by atoms with Crippen molar-refractivity contribution >= 4 is 10.0 Å². The number of rotatable bonds is 8. The van der Waals surface area contributed by atoms with Gasteiger partial charge in [-0.2, -0.15) is 0 Å². The van der Waals surface area contributed by atoms with Crippen LogP contribution in [0, 0.1) is 0 Å². The molecule has 0 aliphatic heterocycles. The molecule has 4 nitrogen and oxygen atoms in total. The summed E-state index contributed by atoms with van der Waals surface area (Å²) in [7, 11) is -3.05. The second-order valence-corrected chi connectivity index (χ2v) is 6.43. The minimum absolute atomic E-state index is 0.129. The normalized spacial score (nSPS) is 19.1. The molecule has 0 radical (unpaired) electrons. The summed E-state index contributed by atoms with van der Waals surface area (Å²) in [5, 5.41) is 3.19. The van der Waals surface area contributed by atoms with Crippen LogP contribution < -0.4 is 10.0 Å². The number of hydrogen-bond donors (Lipinski definition) is 2. The maximum Gasteiger partial charge on any atom is 0.212 e. The second kappa shape index (κ2) is 5.27. The molecule has 0 bridgehead atoms. The Hall–Kier alpha value is -0.130. The average molecular weight is 234 g/mol. The maximum atomic E-state index is 11.6. The fourth-order valence-corrected chi connectivity index (χ4v) is 2.99.